The Hall–Kier alpha value is -2.12. The summed E-state index contributed by atoms with van der Waals surface area (Å²) >= 11 is 5.97. The van der Waals surface area contributed by atoms with Gasteiger partial charge in [-0.15, -0.1) is 0 Å². The van der Waals surface area contributed by atoms with Crippen molar-refractivity contribution in [1.82, 2.24) is 20.8 Å². The highest BCUT2D eigenvalue weighted by atomic mass is 35.5. The maximum atomic E-state index is 5.97. The van der Waals surface area contributed by atoms with Crippen molar-refractivity contribution in [2.24, 2.45) is 4.99 Å². The summed E-state index contributed by atoms with van der Waals surface area (Å²) in [7, 11) is 1.72. The Kier molecular flexibility index (Phi) is 7.51. The number of ether oxygens (including phenoxy) is 1. The number of guanidine groups is 1. The van der Waals surface area contributed by atoms with E-state index in [0.717, 1.165) is 5.56 Å². The third-order valence-electron chi connectivity index (χ3n) is 3.15. The summed E-state index contributed by atoms with van der Waals surface area (Å²) in [6, 6.07) is 7.36. The number of benzene rings is 1. The fourth-order valence-corrected chi connectivity index (χ4v) is 2.19. The van der Waals surface area contributed by atoms with Crippen molar-refractivity contribution in [1.29, 1.82) is 0 Å². The van der Waals surface area contributed by atoms with Crippen LogP contribution in [0.3, 0.4) is 0 Å². The Bertz CT molecular complexity index is 659. The van der Waals surface area contributed by atoms with Gasteiger partial charge in [-0.2, -0.15) is 4.98 Å². The molecule has 0 aliphatic heterocycles. The molecule has 0 radical (unpaired) electrons. The first-order valence-corrected chi connectivity index (χ1v) is 8.21. The Balaban J connectivity index is 1.78. The van der Waals surface area contributed by atoms with Gasteiger partial charge in [0.2, 0.25) is 11.7 Å². The van der Waals surface area contributed by atoms with E-state index in [1.807, 2.05) is 19.1 Å². The van der Waals surface area contributed by atoms with Gasteiger partial charge in [0.25, 0.3) is 0 Å². The highest BCUT2D eigenvalue weighted by molar-refractivity contribution is 6.30. The summed E-state index contributed by atoms with van der Waals surface area (Å²) in [5.74, 6) is 1.80. The lowest BCUT2D eigenvalue weighted by atomic mass is 10.2. The smallest absolute Gasteiger partial charge is 0.228 e. The lowest BCUT2D eigenvalue weighted by Crippen LogP contribution is -2.39. The quantitative estimate of drug-likeness (QED) is 0.430. The third kappa shape index (κ3) is 5.82. The molecule has 1 aromatic heterocycles. The maximum absolute atomic E-state index is 5.97. The van der Waals surface area contributed by atoms with Crippen LogP contribution in [-0.2, 0) is 11.2 Å². The molecule has 0 spiro atoms. The highest BCUT2D eigenvalue weighted by Gasteiger charge is 2.09. The maximum Gasteiger partial charge on any atom is 0.228 e. The van der Waals surface area contributed by atoms with Gasteiger partial charge < -0.3 is 19.9 Å². The molecule has 2 rings (SSSR count). The predicted octanol–water partition coefficient (Wildman–Crippen LogP) is 2.13. The number of nitrogens with zero attached hydrogens (tertiary/aromatic N) is 3. The minimum absolute atomic E-state index is 0.534. The normalized spacial score (nSPS) is 11.5. The van der Waals surface area contributed by atoms with Gasteiger partial charge in [0.1, 0.15) is 0 Å². The van der Waals surface area contributed by atoms with Crippen LogP contribution in [0.2, 0.25) is 5.02 Å². The molecule has 2 aromatic rings. The molecule has 7 nitrogen and oxygen atoms in total. The predicted molar refractivity (Wildman–Crippen MR) is 94.3 cm³/mol. The first kappa shape index (κ1) is 18.2. The van der Waals surface area contributed by atoms with Crippen LogP contribution in [0.5, 0.6) is 0 Å². The summed E-state index contributed by atoms with van der Waals surface area (Å²) in [4.78, 5) is 8.51. The van der Waals surface area contributed by atoms with Crippen LogP contribution < -0.4 is 10.6 Å². The average Bonchev–Trinajstić information content (AvgIpc) is 3.06. The van der Waals surface area contributed by atoms with E-state index in [4.69, 9.17) is 20.9 Å². The number of nitrogens with one attached hydrogen (secondary N) is 2. The minimum atomic E-state index is 0.534. The van der Waals surface area contributed by atoms with E-state index in [2.05, 4.69) is 25.8 Å². The molecule has 0 amide bonds. The number of hydrogen-bond donors (Lipinski definition) is 2. The van der Waals surface area contributed by atoms with Crippen LogP contribution in [0.4, 0.5) is 0 Å². The number of aliphatic imine (C=N–C) groups is 1. The van der Waals surface area contributed by atoms with E-state index in [9.17, 15) is 0 Å². The van der Waals surface area contributed by atoms with E-state index in [-0.39, 0.29) is 0 Å². The average molecular weight is 352 g/mol. The molecule has 0 saturated carbocycles. The Morgan fingerprint density at radius 1 is 1.33 bits per heavy atom. The molecular formula is C16H22ClN5O2. The van der Waals surface area contributed by atoms with E-state index in [1.54, 1.807) is 19.2 Å². The van der Waals surface area contributed by atoms with Crippen molar-refractivity contribution in [2.45, 2.75) is 13.3 Å². The van der Waals surface area contributed by atoms with Crippen molar-refractivity contribution >= 4 is 17.6 Å². The summed E-state index contributed by atoms with van der Waals surface area (Å²) < 4.78 is 10.5. The highest BCUT2D eigenvalue weighted by Crippen LogP contribution is 2.19. The van der Waals surface area contributed by atoms with Gasteiger partial charge in [0, 0.05) is 43.8 Å². The molecule has 8 heteroatoms. The standard InChI is InChI=1S/C16H22ClN5O2/c1-3-23-10-9-20-16(18-2)19-8-7-14-21-15(22-24-14)12-5-4-6-13(17)11-12/h4-6,11H,3,7-10H2,1-2H3,(H2,18,19,20). The monoisotopic (exact) mass is 351 g/mol. The lowest BCUT2D eigenvalue weighted by Gasteiger charge is -2.10. The molecule has 1 heterocycles. The van der Waals surface area contributed by atoms with Crippen LogP contribution in [-0.4, -0.2) is 49.5 Å². The van der Waals surface area contributed by atoms with Gasteiger partial charge in [0.15, 0.2) is 5.96 Å². The zero-order chi connectivity index (χ0) is 17.2. The molecule has 24 heavy (non-hydrogen) atoms. The molecule has 2 N–H and O–H groups in total. The van der Waals surface area contributed by atoms with Gasteiger partial charge in [-0.3, -0.25) is 4.99 Å². The van der Waals surface area contributed by atoms with Crippen LogP contribution in [0.15, 0.2) is 33.8 Å². The summed E-state index contributed by atoms with van der Waals surface area (Å²) in [5, 5.41) is 11.0. The number of halogens is 1. The van der Waals surface area contributed by atoms with Crippen molar-refractivity contribution < 1.29 is 9.26 Å². The Morgan fingerprint density at radius 2 is 2.17 bits per heavy atom. The second kappa shape index (κ2) is 9.89. The van der Waals surface area contributed by atoms with Crippen molar-refractivity contribution in [3.8, 4) is 11.4 Å². The summed E-state index contributed by atoms with van der Waals surface area (Å²) in [5.41, 5.74) is 0.832. The molecule has 0 unspecified atom stereocenters. The van der Waals surface area contributed by atoms with Gasteiger partial charge in [0.05, 0.1) is 6.61 Å². The number of rotatable bonds is 8. The zero-order valence-corrected chi connectivity index (χ0v) is 14.6. The number of aromatic nitrogens is 2. The van der Waals surface area contributed by atoms with Crippen LogP contribution >= 0.6 is 11.6 Å². The molecule has 0 fully saturated rings. The molecule has 0 atom stereocenters. The molecular weight excluding hydrogens is 330 g/mol. The topological polar surface area (TPSA) is 84.6 Å². The van der Waals surface area contributed by atoms with E-state index in [0.29, 0.717) is 55.4 Å². The number of hydrogen-bond acceptors (Lipinski definition) is 5. The van der Waals surface area contributed by atoms with Gasteiger partial charge >= 0.3 is 0 Å². The molecule has 0 aliphatic rings. The SMILES string of the molecule is CCOCCNC(=NC)NCCc1nc(-c2cccc(Cl)c2)no1. The second-order valence-electron chi connectivity index (χ2n) is 4.89. The van der Waals surface area contributed by atoms with E-state index < -0.39 is 0 Å². The van der Waals surface area contributed by atoms with Crippen molar-refractivity contribution in [3.63, 3.8) is 0 Å². The Morgan fingerprint density at radius 3 is 2.92 bits per heavy atom. The van der Waals surface area contributed by atoms with Crippen LogP contribution in [0.1, 0.15) is 12.8 Å². The molecule has 1 aromatic carbocycles. The fourth-order valence-electron chi connectivity index (χ4n) is 2.00. The molecule has 130 valence electrons. The van der Waals surface area contributed by atoms with Gasteiger partial charge in [-0.25, -0.2) is 0 Å². The van der Waals surface area contributed by atoms with Gasteiger partial charge in [-0.1, -0.05) is 28.9 Å². The van der Waals surface area contributed by atoms with Crippen molar-refractivity contribution in [3.05, 3.63) is 35.2 Å². The first-order valence-electron chi connectivity index (χ1n) is 7.83. The summed E-state index contributed by atoms with van der Waals surface area (Å²) in [6.45, 7) is 4.65. The fraction of sp³-hybridized carbons (Fsp3) is 0.438. The second-order valence-corrected chi connectivity index (χ2v) is 5.33. The summed E-state index contributed by atoms with van der Waals surface area (Å²) in [6.07, 6.45) is 0.597. The minimum Gasteiger partial charge on any atom is -0.380 e. The van der Waals surface area contributed by atoms with Crippen molar-refractivity contribution in [2.75, 3.05) is 33.4 Å². The van der Waals surface area contributed by atoms with Crippen LogP contribution in [0, 0.1) is 0 Å². The zero-order valence-electron chi connectivity index (χ0n) is 13.9. The lowest BCUT2D eigenvalue weighted by molar-refractivity contribution is 0.152. The third-order valence-corrected chi connectivity index (χ3v) is 3.38. The van der Waals surface area contributed by atoms with Crippen LogP contribution in [0.25, 0.3) is 11.4 Å². The van der Waals surface area contributed by atoms with Gasteiger partial charge in [-0.05, 0) is 19.1 Å². The van der Waals surface area contributed by atoms with E-state index in [1.165, 1.54) is 0 Å². The molecule has 0 bridgehead atoms. The molecule has 0 saturated heterocycles. The largest absolute Gasteiger partial charge is 0.380 e. The van der Waals surface area contributed by atoms with E-state index >= 15 is 0 Å². The Labute approximate surface area is 146 Å². The first-order chi connectivity index (χ1) is 11.7. The molecule has 0 aliphatic carbocycles.